The van der Waals surface area contributed by atoms with Gasteiger partial charge in [0.05, 0.1) is 34.5 Å². The number of tetrazole rings is 1. The lowest BCUT2D eigenvalue weighted by atomic mass is 10.1. The first-order valence-electron chi connectivity index (χ1n) is 9.17. The van der Waals surface area contributed by atoms with Crippen LogP contribution in [0, 0.1) is 12.7 Å². The van der Waals surface area contributed by atoms with E-state index in [0.717, 1.165) is 5.69 Å². The zero-order chi connectivity index (χ0) is 21.3. The molecule has 4 aromatic rings. The SMILES string of the molecule is CCc1c(C(=O)Nc2cc(-n3nnnc3C)ccc2F)cnn1-c1cccc(Cl)c1. The number of aryl methyl sites for hydroxylation is 1. The molecule has 2 aromatic heterocycles. The monoisotopic (exact) mass is 425 g/mol. The molecule has 2 heterocycles. The van der Waals surface area contributed by atoms with Crippen molar-refractivity contribution in [3.8, 4) is 11.4 Å². The minimum atomic E-state index is -0.571. The molecule has 0 aliphatic rings. The van der Waals surface area contributed by atoms with Crippen LogP contribution in [-0.2, 0) is 6.42 Å². The number of aromatic nitrogens is 6. The first-order valence-corrected chi connectivity index (χ1v) is 9.55. The summed E-state index contributed by atoms with van der Waals surface area (Å²) in [6.07, 6.45) is 2.00. The zero-order valence-corrected chi connectivity index (χ0v) is 16.9. The summed E-state index contributed by atoms with van der Waals surface area (Å²) in [6, 6.07) is 11.4. The molecule has 152 valence electrons. The smallest absolute Gasteiger partial charge is 0.259 e. The van der Waals surface area contributed by atoms with Crippen LogP contribution in [0.5, 0.6) is 0 Å². The third-order valence-corrected chi connectivity index (χ3v) is 4.80. The summed E-state index contributed by atoms with van der Waals surface area (Å²) in [5, 5.41) is 18.8. The Labute approximate surface area is 176 Å². The van der Waals surface area contributed by atoms with Gasteiger partial charge >= 0.3 is 0 Å². The second-order valence-corrected chi connectivity index (χ2v) is 6.94. The summed E-state index contributed by atoms with van der Waals surface area (Å²) in [4.78, 5) is 12.9. The Balaban J connectivity index is 1.66. The summed E-state index contributed by atoms with van der Waals surface area (Å²) in [7, 11) is 0. The van der Waals surface area contributed by atoms with Crippen LogP contribution < -0.4 is 5.32 Å². The highest BCUT2D eigenvalue weighted by atomic mass is 35.5. The van der Waals surface area contributed by atoms with Gasteiger partial charge < -0.3 is 5.32 Å². The standard InChI is InChI=1S/C20H17ClFN7O/c1-3-19-16(11-23-29(19)14-6-4-5-13(21)9-14)20(30)24-18-10-15(7-8-17(18)22)28-12(2)25-26-27-28/h4-11H,3H2,1-2H3,(H,24,30). The molecular formula is C20H17ClFN7O. The van der Waals surface area contributed by atoms with E-state index in [2.05, 4.69) is 25.9 Å². The van der Waals surface area contributed by atoms with Gasteiger partial charge in [-0.1, -0.05) is 24.6 Å². The fourth-order valence-electron chi connectivity index (χ4n) is 3.13. The van der Waals surface area contributed by atoms with Crippen LogP contribution in [0.3, 0.4) is 0 Å². The third kappa shape index (κ3) is 3.67. The van der Waals surface area contributed by atoms with Gasteiger partial charge in [-0.25, -0.2) is 9.07 Å². The molecule has 10 heteroatoms. The fraction of sp³-hybridized carbons (Fsp3) is 0.150. The largest absolute Gasteiger partial charge is 0.319 e. The lowest BCUT2D eigenvalue weighted by Crippen LogP contribution is -2.15. The number of carbonyl (C=O) groups excluding carboxylic acids is 1. The van der Waals surface area contributed by atoms with Crippen molar-refractivity contribution < 1.29 is 9.18 Å². The van der Waals surface area contributed by atoms with E-state index in [1.807, 2.05) is 13.0 Å². The number of rotatable bonds is 5. The van der Waals surface area contributed by atoms with Gasteiger partial charge in [-0.2, -0.15) is 9.78 Å². The lowest BCUT2D eigenvalue weighted by molar-refractivity contribution is 0.102. The molecule has 0 aliphatic heterocycles. The number of benzene rings is 2. The van der Waals surface area contributed by atoms with Crippen molar-refractivity contribution in [1.29, 1.82) is 0 Å². The van der Waals surface area contributed by atoms with Crippen LogP contribution in [0.2, 0.25) is 5.02 Å². The number of amides is 1. The highest BCUT2D eigenvalue weighted by molar-refractivity contribution is 6.30. The summed E-state index contributed by atoms with van der Waals surface area (Å²) in [6.45, 7) is 3.63. The highest BCUT2D eigenvalue weighted by Gasteiger charge is 2.19. The van der Waals surface area contributed by atoms with E-state index in [1.165, 1.54) is 29.1 Å². The van der Waals surface area contributed by atoms with Gasteiger partial charge in [0.1, 0.15) is 5.82 Å². The Morgan fingerprint density at radius 3 is 2.67 bits per heavy atom. The summed E-state index contributed by atoms with van der Waals surface area (Å²) < 4.78 is 17.5. The second-order valence-electron chi connectivity index (χ2n) is 6.51. The van der Waals surface area contributed by atoms with Gasteiger partial charge in [0.15, 0.2) is 5.82 Å². The van der Waals surface area contributed by atoms with Crippen LogP contribution in [0.4, 0.5) is 10.1 Å². The van der Waals surface area contributed by atoms with Crippen LogP contribution >= 0.6 is 11.6 Å². The van der Waals surface area contributed by atoms with E-state index < -0.39 is 11.7 Å². The van der Waals surface area contributed by atoms with E-state index in [4.69, 9.17) is 11.6 Å². The van der Waals surface area contributed by atoms with Gasteiger partial charge in [0, 0.05) is 5.02 Å². The lowest BCUT2D eigenvalue weighted by Gasteiger charge is -2.10. The highest BCUT2D eigenvalue weighted by Crippen LogP contribution is 2.23. The molecule has 4 rings (SSSR count). The third-order valence-electron chi connectivity index (χ3n) is 4.57. The molecule has 0 saturated heterocycles. The molecule has 2 aromatic carbocycles. The quantitative estimate of drug-likeness (QED) is 0.525. The van der Waals surface area contributed by atoms with E-state index >= 15 is 0 Å². The van der Waals surface area contributed by atoms with Gasteiger partial charge in [-0.15, -0.1) is 5.10 Å². The van der Waals surface area contributed by atoms with E-state index in [9.17, 15) is 9.18 Å². The van der Waals surface area contributed by atoms with Crippen molar-refractivity contribution >= 4 is 23.2 Å². The molecule has 0 spiro atoms. The summed E-state index contributed by atoms with van der Waals surface area (Å²) in [5.74, 6) is -0.502. The fourth-order valence-corrected chi connectivity index (χ4v) is 3.32. The van der Waals surface area contributed by atoms with Crippen molar-refractivity contribution in [2.45, 2.75) is 20.3 Å². The maximum Gasteiger partial charge on any atom is 0.259 e. The van der Waals surface area contributed by atoms with Gasteiger partial charge in [-0.3, -0.25) is 4.79 Å². The molecule has 1 N–H and O–H groups in total. The second kappa shape index (κ2) is 8.03. The number of hydrogen-bond acceptors (Lipinski definition) is 5. The Morgan fingerprint density at radius 2 is 1.97 bits per heavy atom. The van der Waals surface area contributed by atoms with Crippen molar-refractivity contribution in [2.75, 3.05) is 5.32 Å². The molecule has 0 bridgehead atoms. The molecule has 0 unspecified atom stereocenters. The minimum Gasteiger partial charge on any atom is -0.319 e. The number of nitrogens with one attached hydrogen (secondary N) is 1. The van der Waals surface area contributed by atoms with Crippen LogP contribution in [0.1, 0.15) is 28.8 Å². The first-order chi connectivity index (χ1) is 14.5. The van der Waals surface area contributed by atoms with Crippen molar-refractivity contribution in [3.05, 3.63) is 76.6 Å². The van der Waals surface area contributed by atoms with Crippen molar-refractivity contribution in [2.24, 2.45) is 0 Å². The van der Waals surface area contributed by atoms with Crippen molar-refractivity contribution in [3.63, 3.8) is 0 Å². The Kier molecular flexibility index (Phi) is 5.28. The number of halogens is 2. The van der Waals surface area contributed by atoms with Gasteiger partial charge in [0.25, 0.3) is 5.91 Å². The predicted molar refractivity (Wildman–Crippen MR) is 110 cm³/mol. The Hall–Kier alpha value is -3.59. The molecule has 1 amide bonds. The first kappa shape index (κ1) is 19.7. The molecule has 0 fully saturated rings. The molecule has 0 saturated carbocycles. The maximum absolute atomic E-state index is 14.4. The number of carbonyl (C=O) groups is 1. The number of anilines is 1. The summed E-state index contributed by atoms with van der Waals surface area (Å²) >= 11 is 6.07. The average molecular weight is 426 g/mol. The molecule has 0 atom stereocenters. The molecule has 8 nitrogen and oxygen atoms in total. The Bertz CT molecular complexity index is 1230. The average Bonchev–Trinajstić information content (AvgIpc) is 3.35. The van der Waals surface area contributed by atoms with Crippen LogP contribution in [-0.4, -0.2) is 35.9 Å². The topological polar surface area (TPSA) is 90.5 Å². The van der Waals surface area contributed by atoms with E-state index in [0.29, 0.717) is 34.2 Å². The number of hydrogen-bond donors (Lipinski definition) is 1. The maximum atomic E-state index is 14.4. The Morgan fingerprint density at radius 1 is 1.17 bits per heavy atom. The molecule has 0 radical (unpaired) electrons. The van der Waals surface area contributed by atoms with Crippen molar-refractivity contribution in [1.82, 2.24) is 30.0 Å². The molecule has 0 aliphatic carbocycles. The molecule has 30 heavy (non-hydrogen) atoms. The zero-order valence-electron chi connectivity index (χ0n) is 16.2. The van der Waals surface area contributed by atoms with Crippen LogP contribution in [0.15, 0.2) is 48.7 Å². The predicted octanol–water partition coefficient (Wildman–Crippen LogP) is 3.76. The van der Waals surface area contributed by atoms with Gasteiger partial charge in [-0.05, 0) is 60.2 Å². The number of nitrogens with zero attached hydrogens (tertiary/aromatic N) is 6. The van der Waals surface area contributed by atoms with E-state index in [1.54, 1.807) is 29.8 Å². The minimum absolute atomic E-state index is 0.0185. The summed E-state index contributed by atoms with van der Waals surface area (Å²) in [5.41, 5.74) is 2.31. The van der Waals surface area contributed by atoms with Gasteiger partial charge in [0.2, 0.25) is 0 Å². The van der Waals surface area contributed by atoms with E-state index in [-0.39, 0.29) is 5.69 Å². The normalized spacial score (nSPS) is 10.9. The molecular weight excluding hydrogens is 409 g/mol. The van der Waals surface area contributed by atoms with Crippen LogP contribution in [0.25, 0.3) is 11.4 Å².